The zero-order valence-corrected chi connectivity index (χ0v) is 1.92. The Hall–Kier alpha value is 1.24. The Balaban J connectivity index is -0.0000000450. The van der Waals surface area contributed by atoms with E-state index in [-0.39, 0.29) is 40.4 Å². The summed E-state index contributed by atoms with van der Waals surface area (Å²) in [6, 6.07) is 0. The molecule has 0 amide bonds. The first-order chi connectivity index (χ1) is 1.73. The first kappa shape index (κ1) is 15.7. The van der Waals surface area contributed by atoms with Crippen molar-refractivity contribution in [1.82, 2.24) is 0 Å². The van der Waals surface area contributed by atoms with Crippen molar-refractivity contribution in [3.63, 3.8) is 0 Å². The lowest BCUT2D eigenvalue weighted by molar-refractivity contribution is 0.278. The van der Waals surface area contributed by atoms with E-state index in [9.17, 15) is 0 Å². The number of rotatable bonds is 0. The van der Waals surface area contributed by atoms with Crippen molar-refractivity contribution in [2.24, 2.45) is 0 Å². The Kier molecular flexibility index (Phi) is 24.9. The zero-order valence-electron chi connectivity index (χ0n) is 1.92. The Morgan fingerprint density at radius 2 is 1.00 bits per heavy atom. The molecule has 34 valence electrons. The molecule has 0 aromatic carbocycles. The SMILES string of the molecule is OB(O)O.[AlH3].[MgH2]. The normalized spacial score (nSPS) is 4.50. The predicted molar refractivity (Wildman–Crippen MR) is 30.9 cm³/mol. The van der Waals surface area contributed by atoms with E-state index < -0.39 is 7.32 Å². The van der Waals surface area contributed by atoms with Crippen molar-refractivity contribution >= 4 is 47.7 Å². The Morgan fingerprint density at radius 1 is 1.00 bits per heavy atom. The lowest BCUT2D eigenvalue weighted by atomic mass is 10.3. The van der Waals surface area contributed by atoms with Crippen LogP contribution in [0.4, 0.5) is 0 Å². The van der Waals surface area contributed by atoms with Crippen molar-refractivity contribution in [2.75, 3.05) is 0 Å². The fourth-order valence-corrected chi connectivity index (χ4v) is 0. The van der Waals surface area contributed by atoms with Gasteiger partial charge in [0.1, 0.15) is 0 Å². The highest BCUT2D eigenvalue weighted by Crippen LogP contribution is 1.40. The van der Waals surface area contributed by atoms with Gasteiger partial charge in [-0.25, -0.2) is 0 Å². The maximum absolute atomic E-state index is 7.17. The molecular weight excluding hydrogens is 110 g/mol. The van der Waals surface area contributed by atoms with Crippen LogP contribution in [0.3, 0.4) is 0 Å². The Bertz CT molecular complexity index is 15.5. The highest BCUT2D eigenvalue weighted by atomic mass is 27.0. The van der Waals surface area contributed by atoms with Gasteiger partial charge < -0.3 is 15.1 Å². The molecule has 0 aliphatic carbocycles. The number of hydrogen-bond donors (Lipinski definition) is 3. The van der Waals surface area contributed by atoms with Gasteiger partial charge in [0.15, 0.2) is 17.4 Å². The van der Waals surface area contributed by atoms with Crippen LogP contribution in [0.25, 0.3) is 0 Å². The molecule has 0 fully saturated rings. The lowest BCUT2D eigenvalue weighted by Crippen LogP contribution is -2.07. The maximum atomic E-state index is 7.17. The van der Waals surface area contributed by atoms with Crippen LogP contribution in [0, 0.1) is 0 Å². The molecule has 0 unspecified atom stereocenters. The molecule has 0 aromatic rings. The summed E-state index contributed by atoms with van der Waals surface area (Å²) in [6.45, 7) is 0. The van der Waals surface area contributed by atoms with E-state index in [1.54, 1.807) is 0 Å². The fourth-order valence-electron chi connectivity index (χ4n) is 0. The predicted octanol–water partition coefficient (Wildman–Crippen LogP) is -4.15. The summed E-state index contributed by atoms with van der Waals surface area (Å²) in [6.07, 6.45) is 0. The maximum Gasteiger partial charge on any atom is 0.631 e. The van der Waals surface area contributed by atoms with Gasteiger partial charge in [0.2, 0.25) is 0 Å². The molecule has 0 rings (SSSR count). The Morgan fingerprint density at radius 3 is 1.00 bits per heavy atom. The van der Waals surface area contributed by atoms with Gasteiger partial charge in [0.05, 0.1) is 0 Å². The molecule has 0 aliphatic rings. The van der Waals surface area contributed by atoms with Crippen molar-refractivity contribution in [3.8, 4) is 0 Å². The van der Waals surface area contributed by atoms with E-state index in [1.807, 2.05) is 0 Å². The molecule has 3 N–H and O–H groups in total. The molecule has 0 saturated carbocycles. The largest absolute Gasteiger partial charge is 0.631 e. The van der Waals surface area contributed by atoms with Gasteiger partial charge in [0, 0.05) is 0 Å². The molecule has 3 nitrogen and oxygen atoms in total. The summed E-state index contributed by atoms with van der Waals surface area (Å²) < 4.78 is 0. The third kappa shape index (κ3) is 61.1. The second-order valence-electron chi connectivity index (χ2n) is 0.346. The molecule has 0 atom stereocenters. The minimum absolute atomic E-state index is 0. The molecule has 0 spiro atoms. The molecule has 0 heterocycles. The minimum atomic E-state index is -2.17. The van der Waals surface area contributed by atoms with Crippen molar-refractivity contribution in [2.45, 2.75) is 0 Å². The average Bonchev–Trinajstić information content (AvgIpc) is 0.811. The molecular formula is H8AlBMgO3. The van der Waals surface area contributed by atoms with Crippen LogP contribution in [-0.2, 0) is 0 Å². The zero-order chi connectivity index (χ0) is 3.58. The van der Waals surface area contributed by atoms with Gasteiger partial charge >= 0.3 is 30.4 Å². The summed E-state index contributed by atoms with van der Waals surface area (Å²) in [5, 5.41) is 21.5. The second-order valence-corrected chi connectivity index (χ2v) is 0.346. The van der Waals surface area contributed by atoms with Gasteiger partial charge in [-0.1, -0.05) is 0 Å². The monoisotopic (exact) mass is 118 g/mol. The van der Waals surface area contributed by atoms with Gasteiger partial charge in [-0.3, -0.25) is 0 Å². The molecule has 6 heteroatoms. The molecule has 0 bridgehead atoms. The molecule has 0 radical (unpaired) electrons. The topological polar surface area (TPSA) is 60.7 Å². The van der Waals surface area contributed by atoms with Crippen molar-refractivity contribution in [3.05, 3.63) is 0 Å². The van der Waals surface area contributed by atoms with Crippen molar-refractivity contribution < 1.29 is 15.1 Å². The van der Waals surface area contributed by atoms with Crippen LogP contribution in [0.5, 0.6) is 0 Å². The standard InChI is InChI=1S/Al.BH3O3.Mg.5H/c;2-1(3)4;;;;;;/h;2-4H;;;;;;. The van der Waals surface area contributed by atoms with E-state index in [1.165, 1.54) is 0 Å². The molecule has 0 aliphatic heterocycles. The highest BCUT2D eigenvalue weighted by molar-refractivity contribution is 6.30. The third-order valence-electron chi connectivity index (χ3n) is 0. The summed E-state index contributed by atoms with van der Waals surface area (Å²) in [7, 11) is -2.17. The van der Waals surface area contributed by atoms with Gasteiger partial charge in [-0.05, 0) is 0 Å². The van der Waals surface area contributed by atoms with Crippen LogP contribution in [0.2, 0.25) is 0 Å². The molecule has 0 saturated heterocycles. The Labute approximate surface area is 62.8 Å². The summed E-state index contributed by atoms with van der Waals surface area (Å²) >= 11 is 0. The first-order valence-electron chi connectivity index (χ1n) is 0.775. The van der Waals surface area contributed by atoms with Crippen LogP contribution >= 0.6 is 0 Å². The van der Waals surface area contributed by atoms with Crippen LogP contribution in [-0.4, -0.2) is 62.8 Å². The quantitative estimate of drug-likeness (QED) is 0.283. The van der Waals surface area contributed by atoms with E-state index >= 15 is 0 Å². The summed E-state index contributed by atoms with van der Waals surface area (Å²) in [5.41, 5.74) is 0. The van der Waals surface area contributed by atoms with Crippen molar-refractivity contribution in [1.29, 1.82) is 0 Å². The number of hydrogen-bond acceptors (Lipinski definition) is 3. The van der Waals surface area contributed by atoms with E-state index in [2.05, 4.69) is 0 Å². The lowest BCUT2D eigenvalue weighted by Gasteiger charge is -1.69. The van der Waals surface area contributed by atoms with Gasteiger partial charge in [0.25, 0.3) is 0 Å². The second kappa shape index (κ2) is 9.53. The smallest absolute Gasteiger partial charge is 0.402 e. The summed E-state index contributed by atoms with van der Waals surface area (Å²) in [5.74, 6) is 0. The first-order valence-corrected chi connectivity index (χ1v) is 0.775. The molecule has 0 aromatic heterocycles. The average molecular weight is 118 g/mol. The van der Waals surface area contributed by atoms with Gasteiger partial charge in [-0.2, -0.15) is 0 Å². The van der Waals surface area contributed by atoms with Crippen LogP contribution < -0.4 is 0 Å². The van der Waals surface area contributed by atoms with E-state index in [0.29, 0.717) is 0 Å². The molecule has 6 heavy (non-hydrogen) atoms. The van der Waals surface area contributed by atoms with E-state index in [0.717, 1.165) is 0 Å². The fraction of sp³-hybridized carbons (Fsp3) is 0. The third-order valence-corrected chi connectivity index (χ3v) is 0. The summed E-state index contributed by atoms with van der Waals surface area (Å²) in [4.78, 5) is 0. The van der Waals surface area contributed by atoms with E-state index in [4.69, 9.17) is 15.1 Å². The highest BCUT2D eigenvalue weighted by Gasteiger charge is 1.92. The van der Waals surface area contributed by atoms with Crippen LogP contribution in [0.15, 0.2) is 0 Å². The van der Waals surface area contributed by atoms with Gasteiger partial charge in [-0.15, -0.1) is 0 Å². The minimum Gasteiger partial charge on any atom is -0.402 e. The van der Waals surface area contributed by atoms with Crippen LogP contribution in [0.1, 0.15) is 0 Å².